The minimum atomic E-state index is 0.250. The van der Waals surface area contributed by atoms with Gasteiger partial charge in [0.05, 0.1) is 0 Å². The fourth-order valence-corrected chi connectivity index (χ4v) is 1.96. The Morgan fingerprint density at radius 2 is 2.20 bits per heavy atom. The van der Waals surface area contributed by atoms with Crippen LogP contribution in [0.5, 0.6) is 0 Å². The first-order chi connectivity index (χ1) is 7.25. The molecular weight excluding hydrogens is 188 g/mol. The summed E-state index contributed by atoms with van der Waals surface area (Å²) in [4.78, 5) is 13.8. The van der Waals surface area contributed by atoms with Crippen LogP contribution in [0, 0.1) is 5.92 Å². The predicted octanol–water partition coefficient (Wildman–Crippen LogP) is 1.41. The summed E-state index contributed by atoms with van der Waals surface area (Å²) in [6, 6.07) is 0. The normalized spacial score (nSPS) is 17.4. The number of piperidine rings is 1. The van der Waals surface area contributed by atoms with Crippen molar-refractivity contribution >= 4 is 5.91 Å². The minimum absolute atomic E-state index is 0.250. The lowest BCUT2D eigenvalue weighted by Crippen LogP contribution is -2.39. The molecule has 0 spiro atoms. The first-order valence-electron chi connectivity index (χ1n) is 5.82. The number of hydrogen-bond acceptors (Lipinski definition) is 2. The highest BCUT2D eigenvalue weighted by Gasteiger charge is 2.23. The molecule has 0 bridgehead atoms. The Morgan fingerprint density at radius 1 is 1.53 bits per heavy atom. The Labute approximate surface area is 92.5 Å². The fraction of sp³-hybridized carbons (Fsp3) is 0.750. The number of carbonyl (C=O) groups excluding carboxylic acids is 1. The first kappa shape index (κ1) is 12.2. The van der Waals surface area contributed by atoms with Crippen molar-refractivity contribution in [1.29, 1.82) is 0 Å². The molecule has 1 amide bonds. The lowest BCUT2D eigenvalue weighted by Gasteiger charge is -2.26. The number of nitrogens with zero attached hydrogens (tertiary/aromatic N) is 1. The summed E-state index contributed by atoms with van der Waals surface area (Å²) < 4.78 is 0. The molecule has 0 aromatic rings. The number of unbranched alkanes of at least 4 members (excludes halogenated alkanes) is 1. The molecule has 1 N–H and O–H groups in total. The highest BCUT2D eigenvalue weighted by Crippen LogP contribution is 2.14. The minimum Gasteiger partial charge on any atom is -0.346 e. The molecule has 15 heavy (non-hydrogen) atoms. The van der Waals surface area contributed by atoms with E-state index in [1.807, 2.05) is 18.0 Å². The van der Waals surface area contributed by atoms with Gasteiger partial charge in [0.2, 0.25) is 5.91 Å². The second-order valence-corrected chi connectivity index (χ2v) is 4.21. The van der Waals surface area contributed by atoms with Gasteiger partial charge in [0.1, 0.15) is 0 Å². The van der Waals surface area contributed by atoms with E-state index < -0.39 is 0 Å². The van der Waals surface area contributed by atoms with E-state index in [0.29, 0.717) is 5.91 Å². The molecule has 1 aliphatic heterocycles. The third kappa shape index (κ3) is 4.04. The SMILES string of the molecule is C=CCCCN(C)C(=O)C1CCNCC1. The summed E-state index contributed by atoms with van der Waals surface area (Å²) in [7, 11) is 1.91. The van der Waals surface area contributed by atoms with Crippen molar-refractivity contribution in [3.05, 3.63) is 12.7 Å². The van der Waals surface area contributed by atoms with Gasteiger partial charge >= 0.3 is 0 Å². The van der Waals surface area contributed by atoms with Crippen LogP contribution in [0.15, 0.2) is 12.7 Å². The van der Waals surface area contributed by atoms with Crippen molar-refractivity contribution in [2.45, 2.75) is 25.7 Å². The van der Waals surface area contributed by atoms with Gasteiger partial charge in [-0.2, -0.15) is 0 Å². The Hall–Kier alpha value is -0.830. The number of rotatable bonds is 5. The molecule has 0 atom stereocenters. The number of carbonyl (C=O) groups is 1. The highest BCUT2D eigenvalue weighted by molar-refractivity contribution is 5.78. The van der Waals surface area contributed by atoms with Crippen LogP contribution in [-0.2, 0) is 4.79 Å². The maximum atomic E-state index is 12.0. The summed E-state index contributed by atoms with van der Waals surface area (Å²) in [5, 5.41) is 3.28. The molecule has 1 fully saturated rings. The summed E-state index contributed by atoms with van der Waals surface area (Å²) in [5.41, 5.74) is 0. The number of amides is 1. The van der Waals surface area contributed by atoms with E-state index in [2.05, 4.69) is 11.9 Å². The van der Waals surface area contributed by atoms with Gasteiger partial charge < -0.3 is 10.2 Å². The van der Waals surface area contributed by atoms with Crippen LogP contribution in [0.4, 0.5) is 0 Å². The van der Waals surface area contributed by atoms with Crippen molar-refractivity contribution < 1.29 is 4.79 Å². The molecule has 0 radical (unpaired) electrons. The van der Waals surface area contributed by atoms with Crippen LogP contribution in [0.3, 0.4) is 0 Å². The van der Waals surface area contributed by atoms with Crippen LogP contribution in [0.1, 0.15) is 25.7 Å². The van der Waals surface area contributed by atoms with E-state index in [-0.39, 0.29) is 5.92 Å². The Bertz CT molecular complexity index is 210. The van der Waals surface area contributed by atoms with Crippen LogP contribution >= 0.6 is 0 Å². The second-order valence-electron chi connectivity index (χ2n) is 4.21. The van der Waals surface area contributed by atoms with Crippen molar-refractivity contribution in [3.63, 3.8) is 0 Å². The van der Waals surface area contributed by atoms with Gasteiger partial charge in [-0.1, -0.05) is 6.08 Å². The lowest BCUT2D eigenvalue weighted by molar-refractivity contribution is -0.135. The van der Waals surface area contributed by atoms with Crippen LogP contribution in [0.2, 0.25) is 0 Å². The average molecular weight is 210 g/mol. The van der Waals surface area contributed by atoms with Crippen molar-refractivity contribution in [1.82, 2.24) is 10.2 Å². The Morgan fingerprint density at radius 3 is 2.80 bits per heavy atom. The number of hydrogen-bond donors (Lipinski definition) is 1. The molecular formula is C12H22N2O. The van der Waals surface area contributed by atoms with E-state index in [4.69, 9.17) is 0 Å². The van der Waals surface area contributed by atoms with Gasteiger partial charge in [0, 0.05) is 19.5 Å². The summed E-state index contributed by atoms with van der Waals surface area (Å²) in [6.07, 6.45) is 5.90. The van der Waals surface area contributed by atoms with Gasteiger partial charge in [-0.15, -0.1) is 6.58 Å². The van der Waals surface area contributed by atoms with E-state index in [9.17, 15) is 4.79 Å². The maximum absolute atomic E-state index is 12.0. The summed E-state index contributed by atoms with van der Waals surface area (Å²) in [6.45, 7) is 6.50. The van der Waals surface area contributed by atoms with Crippen LogP contribution < -0.4 is 5.32 Å². The average Bonchev–Trinajstić information content (AvgIpc) is 2.29. The number of nitrogens with one attached hydrogen (secondary N) is 1. The highest BCUT2D eigenvalue weighted by atomic mass is 16.2. The van der Waals surface area contributed by atoms with Crippen molar-refractivity contribution in [2.75, 3.05) is 26.7 Å². The van der Waals surface area contributed by atoms with Gasteiger partial charge in [-0.05, 0) is 38.8 Å². The smallest absolute Gasteiger partial charge is 0.225 e. The predicted molar refractivity (Wildman–Crippen MR) is 62.7 cm³/mol. The molecule has 1 heterocycles. The van der Waals surface area contributed by atoms with E-state index in [0.717, 1.165) is 45.3 Å². The zero-order valence-electron chi connectivity index (χ0n) is 9.67. The molecule has 1 saturated heterocycles. The summed E-state index contributed by atoms with van der Waals surface area (Å²) >= 11 is 0. The molecule has 0 aromatic carbocycles. The molecule has 0 saturated carbocycles. The first-order valence-corrected chi connectivity index (χ1v) is 5.82. The van der Waals surface area contributed by atoms with Crippen LogP contribution in [0.25, 0.3) is 0 Å². The molecule has 0 aliphatic carbocycles. The van der Waals surface area contributed by atoms with Gasteiger partial charge in [-0.3, -0.25) is 4.79 Å². The third-order valence-corrected chi connectivity index (χ3v) is 2.97. The lowest BCUT2D eigenvalue weighted by atomic mass is 9.96. The Kier molecular flexibility index (Phi) is 5.40. The topological polar surface area (TPSA) is 32.3 Å². The van der Waals surface area contributed by atoms with Gasteiger partial charge in [0.25, 0.3) is 0 Å². The maximum Gasteiger partial charge on any atom is 0.225 e. The van der Waals surface area contributed by atoms with Crippen LogP contribution in [-0.4, -0.2) is 37.5 Å². The third-order valence-electron chi connectivity index (χ3n) is 2.97. The van der Waals surface area contributed by atoms with E-state index in [1.165, 1.54) is 0 Å². The second kappa shape index (κ2) is 6.62. The number of allylic oxidation sites excluding steroid dienone is 1. The molecule has 86 valence electrons. The van der Waals surface area contributed by atoms with E-state index >= 15 is 0 Å². The standard InChI is InChI=1S/C12H22N2O/c1-3-4-5-10-14(2)12(15)11-6-8-13-9-7-11/h3,11,13H,1,4-10H2,2H3. The molecule has 3 heteroatoms. The fourth-order valence-electron chi connectivity index (χ4n) is 1.96. The molecule has 3 nitrogen and oxygen atoms in total. The molecule has 1 rings (SSSR count). The van der Waals surface area contributed by atoms with Gasteiger partial charge in [0.15, 0.2) is 0 Å². The monoisotopic (exact) mass is 210 g/mol. The Balaban J connectivity index is 2.27. The molecule has 0 aromatic heterocycles. The van der Waals surface area contributed by atoms with Crippen molar-refractivity contribution in [2.24, 2.45) is 5.92 Å². The summed E-state index contributed by atoms with van der Waals surface area (Å²) in [5.74, 6) is 0.570. The zero-order chi connectivity index (χ0) is 11.1. The van der Waals surface area contributed by atoms with E-state index in [1.54, 1.807) is 0 Å². The quantitative estimate of drug-likeness (QED) is 0.549. The largest absolute Gasteiger partial charge is 0.346 e. The molecule has 1 aliphatic rings. The van der Waals surface area contributed by atoms with Crippen molar-refractivity contribution in [3.8, 4) is 0 Å². The molecule has 0 unspecified atom stereocenters. The van der Waals surface area contributed by atoms with Gasteiger partial charge in [-0.25, -0.2) is 0 Å². The zero-order valence-corrected chi connectivity index (χ0v) is 9.67.